The Morgan fingerprint density at radius 1 is 0.769 bits per heavy atom. The molecule has 0 unspecified atom stereocenters. The first-order chi connectivity index (χ1) is 12.8. The number of fused-ring (bicyclic) bond motifs is 3. The molecular formula is C23H15BrN2. The van der Waals surface area contributed by atoms with Crippen LogP contribution in [-0.2, 0) is 0 Å². The molecule has 0 atom stereocenters. The SMILES string of the molecule is Brc1ccc2c(c1)c1cccc(-c3cccnc3)c1n2-c1ccccc1. The van der Waals surface area contributed by atoms with Crippen LogP contribution in [0.1, 0.15) is 0 Å². The van der Waals surface area contributed by atoms with Crippen LogP contribution in [0, 0.1) is 0 Å². The predicted octanol–water partition coefficient (Wildman–Crippen LogP) is 6.61. The van der Waals surface area contributed by atoms with Crippen LogP contribution in [-0.4, -0.2) is 9.55 Å². The van der Waals surface area contributed by atoms with Crippen LogP contribution >= 0.6 is 15.9 Å². The Balaban J connectivity index is 1.99. The summed E-state index contributed by atoms with van der Waals surface area (Å²) in [4.78, 5) is 4.32. The molecule has 3 aromatic carbocycles. The van der Waals surface area contributed by atoms with Gasteiger partial charge < -0.3 is 4.57 Å². The number of halogens is 1. The van der Waals surface area contributed by atoms with Crippen LogP contribution in [0.4, 0.5) is 0 Å². The minimum absolute atomic E-state index is 1.09. The fourth-order valence-electron chi connectivity index (χ4n) is 3.64. The molecule has 0 saturated heterocycles. The van der Waals surface area contributed by atoms with E-state index in [-0.39, 0.29) is 0 Å². The Kier molecular flexibility index (Phi) is 3.61. The average Bonchev–Trinajstić information content (AvgIpc) is 3.03. The number of aromatic nitrogens is 2. The zero-order valence-corrected chi connectivity index (χ0v) is 15.5. The summed E-state index contributed by atoms with van der Waals surface area (Å²) in [6.07, 6.45) is 3.74. The second-order valence-electron chi connectivity index (χ2n) is 6.28. The van der Waals surface area contributed by atoms with Crippen molar-refractivity contribution >= 4 is 37.7 Å². The topological polar surface area (TPSA) is 17.8 Å². The van der Waals surface area contributed by atoms with Gasteiger partial charge in [-0.1, -0.05) is 58.4 Å². The van der Waals surface area contributed by atoms with Crippen molar-refractivity contribution in [3.05, 3.63) is 95.7 Å². The van der Waals surface area contributed by atoms with Gasteiger partial charge in [0.05, 0.1) is 11.0 Å². The molecule has 5 aromatic rings. The third kappa shape index (κ3) is 2.36. The molecule has 2 aromatic heterocycles. The van der Waals surface area contributed by atoms with Crippen LogP contribution in [0.2, 0.25) is 0 Å². The summed E-state index contributed by atoms with van der Waals surface area (Å²) in [6.45, 7) is 0. The molecule has 0 aliphatic rings. The molecule has 0 aliphatic heterocycles. The lowest BCUT2D eigenvalue weighted by molar-refractivity contribution is 1.18. The van der Waals surface area contributed by atoms with Crippen LogP contribution in [0.5, 0.6) is 0 Å². The maximum atomic E-state index is 4.32. The maximum absolute atomic E-state index is 4.32. The molecule has 2 heterocycles. The number of rotatable bonds is 2. The van der Waals surface area contributed by atoms with Gasteiger partial charge in [0.15, 0.2) is 0 Å². The summed E-state index contributed by atoms with van der Waals surface area (Å²) in [5, 5.41) is 2.48. The highest BCUT2D eigenvalue weighted by Gasteiger charge is 2.16. The van der Waals surface area contributed by atoms with Crippen molar-refractivity contribution < 1.29 is 0 Å². The maximum Gasteiger partial charge on any atom is 0.0620 e. The van der Waals surface area contributed by atoms with Crippen molar-refractivity contribution in [2.75, 3.05) is 0 Å². The molecule has 0 bridgehead atoms. The molecule has 2 nitrogen and oxygen atoms in total. The molecule has 26 heavy (non-hydrogen) atoms. The van der Waals surface area contributed by atoms with Gasteiger partial charge in [0.1, 0.15) is 0 Å². The third-order valence-electron chi connectivity index (χ3n) is 4.74. The second-order valence-corrected chi connectivity index (χ2v) is 7.19. The lowest BCUT2D eigenvalue weighted by Gasteiger charge is -2.11. The monoisotopic (exact) mass is 398 g/mol. The zero-order valence-electron chi connectivity index (χ0n) is 13.9. The Hall–Kier alpha value is -2.91. The van der Waals surface area contributed by atoms with Crippen LogP contribution < -0.4 is 0 Å². The lowest BCUT2D eigenvalue weighted by Crippen LogP contribution is -1.95. The lowest BCUT2D eigenvalue weighted by atomic mass is 10.0. The van der Waals surface area contributed by atoms with E-state index >= 15 is 0 Å². The van der Waals surface area contributed by atoms with Gasteiger partial charge in [0, 0.05) is 44.5 Å². The van der Waals surface area contributed by atoms with Crippen molar-refractivity contribution in [1.29, 1.82) is 0 Å². The molecule has 0 amide bonds. The normalized spacial score (nSPS) is 11.3. The van der Waals surface area contributed by atoms with E-state index in [9.17, 15) is 0 Å². The van der Waals surface area contributed by atoms with Gasteiger partial charge in [-0.05, 0) is 36.4 Å². The zero-order chi connectivity index (χ0) is 17.5. The van der Waals surface area contributed by atoms with Crippen molar-refractivity contribution in [3.63, 3.8) is 0 Å². The number of hydrogen-bond donors (Lipinski definition) is 0. The summed E-state index contributed by atoms with van der Waals surface area (Å²) in [6, 6.07) is 27.6. The van der Waals surface area contributed by atoms with Gasteiger partial charge in [-0.3, -0.25) is 4.98 Å². The van der Waals surface area contributed by atoms with Crippen molar-refractivity contribution in [2.24, 2.45) is 0 Å². The van der Waals surface area contributed by atoms with E-state index in [4.69, 9.17) is 0 Å². The molecule has 0 saturated carbocycles. The van der Waals surface area contributed by atoms with Crippen LogP contribution in [0.3, 0.4) is 0 Å². The standard InChI is InChI=1S/C23H15BrN2/c24-17-11-12-22-21(14-17)20-10-4-9-19(16-6-5-13-25-15-16)23(20)26(22)18-7-2-1-3-8-18/h1-15H. The first-order valence-electron chi connectivity index (χ1n) is 8.51. The summed E-state index contributed by atoms with van der Waals surface area (Å²) >= 11 is 3.63. The molecule has 3 heteroatoms. The minimum Gasteiger partial charge on any atom is -0.309 e. The summed E-state index contributed by atoms with van der Waals surface area (Å²) in [5.41, 5.74) is 5.88. The average molecular weight is 399 g/mol. The first kappa shape index (κ1) is 15.4. The minimum atomic E-state index is 1.09. The third-order valence-corrected chi connectivity index (χ3v) is 5.23. The number of para-hydroxylation sites is 2. The molecule has 0 aliphatic carbocycles. The molecule has 124 valence electrons. The van der Waals surface area contributed by atoms with Crippen molar-refractivity contribution in [1.82, 2.24) is 9.55 Å². The first-order valence-corrected chi connectivity index (χ1v) is 9.31. The van der Waals surface area contributed by atoms with Crippen LogP contribution in [0.15, 0.2) is 95.7 Å². The van der Waals surface area contributed by atoms with Gasteiger partial charge >= 0.3 is 0 Å². The second kappa shape index (κ2) is 6.11. The van der Waals surface area contributed by atoms with Gasteiger partial charge in [-0.2, -0.15) is 0 Å². The smallest absolute Gasteiger partial charge is 0.0620 e. The Morgan fingerprint density at radius 3 is 2.46 bits per heavy atom. The van der Waals surface area contributed by atoms with Gasteiger partial charge in [-0.25, -0.2) is 0 Å². The summed E-state index contributed by atoms with van der Waals surface area (Å²) < 4.78 is 3.43. The van der Waals surface area contributed by atoms with E-state index in [1.165, 1.54) is 27.4 Å². The number of pyridine rings is 1. The van der Waals surface area contributed by atoms with E-state index < -0.39 is 0 Å². The molecular weight excluding hydrogens is 384 g/mol. The Bertz CT molecular complexity index is 1230. The summed E-state index contributed by atoms with van der Waals surface area (Å²) in [7, 11) is 0. The fraction of sp³-hybridized carbons (Fsp3) is 0. The van der Waals surface area contributed by atoms with E-state index in [1.807, 2.05) is 18.5 Å². The molecule has 0 N–H and O–H groups in total. The van der Waals surface area contributed by atoms with Crippen LogP contribution in [0.25, 0.3) is 38.6 Å². The Labute approximate surface area is 159 Å². The quantitative estimate of drug-likeness (QED) is 0.327. The van der Waals surface area contributed by atoms with Gasteiger partial charge in [0.25, 0.3) is 0 Å². The highest BCUT2D eigenvalue weighted by atomic mass is 79.9. The van der Waals surface area contributed by atoms with Crippen molar-refractivity contribution in [3.8, 4) is 16.8 Å². The number of nitrogens with zero attached hydrogens (tertiary/aromatic N) is 2. The molecule has 5 rings (SSSR count). The van der Waals surface area contributed by atoms with E-state index in [2.05, 4.69) is 98.3 Å². The number of hydrogen-bond acceptors (Lipinski definition) is 1. The largest absolute Gasteiger partial charge is 0.309 e. The van der Waals surface area contributed by atoms with E-state index in [1.54, 1.807) is 0 Å². The van der Waals surface area contributed by atoms with Crippen molar-refractivity contribution in [2.45, 2.75) is 0 Å². The fourth-order valence-corrected chi connectivity index (χ4v) is 4.00. The van der Waals surface area contributed by atoms with E-state index in [0.717, 1.165) is 15.7 Å². The van der Waals surface area contributed by atoms with Gasteiger partial charge in [0.2, 0.25) is 0 Å². The molecule has 0 spiro atoms. The molecule has 0 radical (unpaired) electrons. The Morgan fingerprint density at radius 2 is 1.65 bits per heavy atom. The summed E-state index contributed by atoms with van der Waals surface area (Å²) in [5.74, 6) is 0. The highest BCUT2D eigenvalue weighted by Crippen LogP contribution is 2.38. The van der Waals surface area contributed by atoms with Gasteiger partial charge in [-0.15, -0.1) is 0 Å². The van der Waals surface area contributed by atoms with E-state index in [0.29, 0.717) is 0 Å². The molecule has 0 fully saturated rings. The number of benzene rings is 3. The predicted molar refractivity (Wildman–Crippen MR) is 112 cm³/mol. The highest BCUT2D eigenvalue weighted by molar-refractivity contribution is 9.10.